The lowest BCUT2D eigenvalue weighted by molar-refractivity contribution is 0.0985. The summed E-state index contributed by atoms with van der Waals surface area (Å²) in [6.45, 7) is 2.58. The summed E-state index contributed by atoms with van der Waals surface area (Å²) >= 11 is 11.7. The van der Waals surface area contributed by atoms with Gasteiger partial charge in [0.25, 0.3) is 0 Å². The third-order valence-electron chi connectivity index (χ3n) is 2.39. The predicted octanol–water partition coefficient (Wildman–Crippen LogP) is 2.43. The number of aromatic nitrogens is 4. The molecular weight excluding hydrogens is 275 g/mol. The molecule has 2 heterocycles. The number of nitrogens with zero attached hydrogens (tertiary/aromatic N) is 4. The highest BCUT2D eigenvalue weighted by atomic mass is 35.5. The smallest absolute Gasteiger partial charge is 0.190 e. The van der Waals surface area contributed by atoms with E-state index < -0.39 is 0 Å². The van der Waals surface area contributed by atoms with Gasteiger partial charge in [-0.1, -0.05) is 23.2 Å². The summed E-state index contributed by atoms with van der Waals surface area (Å²) < 4.78 is 1.65. The van der Waals surface area contributed by atoms with Gasteiger partial charge < -0.3 is 0 Å². The van der Waals surface area contributed by atoms with Gasteiger partial charge in [0.05, 0.1) is 16.5 Å². The minimum Gasteiger partial charge on any atom is -0.292 e. The summed E-state index contributed by atoms with van der Waals surface area (Å²) in [5.74, 6) is 0.384. The van der Waals surface area contributed by atoms with Gasteiger partial charge in [-0.05, 0) is 13.0 Å². The van der Waals surface area contributed by atoms with Crippen molar-refractivity contribution in [3.05, 3.63) is 40.2 Å². The van der Waals surface area contributed by atoms with Crippen molar-refractivity contribution in [1.29, 1.82) is 0 Å². The first kappa shape index (κ1) is 13.0. The van der Waals surface area contributed by atoms with Gasteiger partial charge in [-0.25, -0.2) is 14.6 Å². The molecule has 2 aromatic heterocycles. The van der Waals surface area contributed by atoms with Gasteiger partial charge in [0.2, 0.25) is 0 Å². The molecule has 0 unspecified atom stereocenters. The minimum atomic E-state index is -0.209. The lowest BCUT2D eigenvalue weighted by atomic mass is 10.2. The molecule has 2 aromatic rings. The second-order valence-electron chi connectivity index (χ2n) is 3.58. The summed E-state index contributed by atoms with van der Waals surface area (Å²) in [6.07, 6.45) is 2.93. The summed E-state index contributed by atoms with van der Waals surface area (Å²) in [7, 11) is 0. The van der Waals surface area contributed by atoms with E-state index in [1.165, 1.54) is 18.6 Å². The van der Waals surface area contributed by atoms with Crippen molar-refractivity contribution in [3.8, 4) is 0 Å². The maximum absolute atomic E-state index is 12.0. The molecule has 94 valence electrons. The Labute approximate surface area is 114 Å². The lowest BCUT2D eigenvalue weighted by Gasteiger charge is -2.04. The van der Waals surface area contributed by atoms with E-state index in [1.54, 1.807) is 4.68 Å². The van der Waals surface area contributed by atoms with Crippen LogP contribution < -0.4 is 0 Å². The van der Waals surface area contributed by atoms with Crippen LogP contribution >= 0.6 is 23.2 Å². The SMILES string of the molecule is CCn1ncnc1CC(=O)c1ncc(Cl)cc1Cl. The number of halogens is 2. The number of ketones is 1. The standard InChI is InChI=1S/C11H10Cl2N4O/c1-2-17-10(15-6-16-17)4-9(18)11-8(13)3-7(12)5-14-11/h3,5-6H,2,4H2,1H3. The van der Waals surface area contributed by atoms with E-state index in [9.17, 15) is 4.79 Å². The van der Waals surface area contributed by atoms with Crippen molar-refractivity contribution in [2.75, 3.05) is 0 Å². The summed E-state index contributed by atoms with van der Waals surface area (Å²) in [6, 6.07) is 1.49. The molecule has 0 saturated heterocycles. The second kappa shape index (κ2) is 5.46. The number of hydrogen-bond donors (Lipinski definition) is 0. The Hall–Kier alpha value is -1.46. The average Bonchev–Trinajstić information content (AvgIpc) is 2.76. The zero-order valence-corrected chi connectivity index (χ0v) is 11.1. The zero-order chi connectivity index (χ0) is 13.1. The second-order valence-corrected chi connectivity index (χ2v) is 4.42. The van der Waals surface area contributed by atoms with Gasteiger partial charge >= 0.3 is 0 Å². The number of carbonyl (C=O) groups is 1. The van der Waals surface area contributed by atoms with Crippen molar-refractivity contribution >= 4 is 29.0 Å². The van der Waals surface area contributed by atoms with E-state index >= 15 is 0 Å². The Bertz CT molecular complexity index is 582. The number of carbonyl (C=O) groups excluding carboxylic acids is 1. The van der Waals surface area contributed by atoms with Crippen LogP contribution in [0.1, 0.15) is 23.2 Å². The quantitative estimate of drug-likeness (QED) is 0.809. The van der Waals surface area contributed by atoms with Crippen molar-refractivity contribution in [2.45, 2.75) is 19.9 Å². The largest absolute Gasteiger partial charge is 0.292 e. The van der Waals surface area contributed by atoms with Crippen LogP contribution in [0.3, 0.4) is 0 Å². The first-order valence-electron chi connectivity index (χ1n) is 5.32. The molecule has 0 radical (unpaired) electrons. The highest BCUT2D eigenvalue weighted by Crippen LogP contribution is 2.19. The maximum atomic E-state index is 12.0. The normalized spacial score (nSPS) is 10.6. The Kier molecular flexibility index (Phi) is 3.93. The molecule has 0 amide bonds. The molecule has 0 aliphatic carbocycles. The third kappa shape index (κ3) is 2.68. The van der Waals surface area contributed by atoms with Crippen LogP contribution in [0.4, 0.5) is 0 Å². The van der Waals surface area contributed by atoms with Crippen molar-refractivity contribution in [2.24, 2.45) is 0 Å². The minimum absolute atomic E-state index is 0.113. The number of pyridine rings is 1. The summed E-state index contributed by atoms with van der Waals surface area (Å²) in [5.41, 5.74) is 0.201. The number of rotatable bonds is 4. The highest BCUT2D eigenvalue weighted by molar-refractivity contribution is 6.36. The monoisotopic (exact) mass is 284 g/mol. The highest BCUT2D eigenvalue weighted by Gasteiger charge is 2.16. The molecule has 2 rings (SSSR count). The van der Waals surface area contributed by atoms with Crippen LogP contribution in [0.5, 0.6) is 0 Å². The average molecular weight is 285 g/mol. The molecule has 0 aromatic carbocycles. The van der Waals surface area contributed by atoms with Crippen LogP contribution in [-0.4, -0.2) is 25.5 Å². The molecule has 7 heteroatoms. The third-order valence-corrected chi connectivity index (χ3v) is 2.88. The molecule has 5 nitrogen and oxygen atoms in total. The fourth-order valence-electron chi connectivity index (χ4n) is 1.54. The molecule has 0 fully saturated rings. The number of hydrogen-bond acceptors (Lipinski definition) is 4. The molecular formula is C11H10Cl2N4O. The Morgan fingerprint density at radius 3 is 2.83 bits per heavy atom. The Morgan fingerprint density at radius 2 is 2.17 bits per heavy atom. The van der Waals surface area contributed by atoms with Gasteiger partial charge in [-0.15, -0.1) is 0 Å². The molecule has 0 atom stereocenters. The zero-order valence-electron chi connectivity index (χ0n) is 9.60. The van der Waals surface area contributed by atoms with E-state index in [0.29, 0.717) is 17.4 Å². The van der Waals surface area contributed by atoms with E-state index in [4.69, 9.17) is 23.2 Å². The van der Waals surface area contributed by atoms with Crippen molar-refractivity contribution in [3.63, 3.8) is 0 Å². The van der Waals surface area contributed by atoms with Gasteiger partial charge in [-0.3, -0.25) is 4.79 Å². The van der Waals surface area contributed by atoms with Crippen molar-refractivity contribution < 1.29 is 4.79 Å². The van der Waals surface area contributed by atoms with Crippen LogP contribution in [0.15, 0.2) is 18.6 Å². The lowest BCUT2D eigenvalue weighted by Crippen LogP contribution is -2.12. The Morgan fingerprint density at radius 1 is 1.39 bits per heavy atom. The van der Waals surface area contributed by atoms with Gasteiger partial charge in [0.1, 0.15) is 17.8 Å². The summed E-state index contributed by atoms with van der Waals surface area (Å²) in [4.78, 5) is 20.0. The topological polar surface area (TPSA) is 60.7 Å². The molecule has 0 bridgehead atoms. The first-order valence-corrected chi connectivity index (χ1v) is 6.08. The first-order chi connectivity index (χ1) is 8.61. The molecule has 0 aliphatic heterocycles. The predicted molar refractivity (Wildman–Crippen MR) is 68.0 cm³/mol. The van der Waals surface area contributed by atoms with Crippen molar-refractivity contribution in [1.82, 2.24) is 19.7 Å². The molecule has 0 aliphatic rings. The number of Topliss-reactive ketones (excluding diaryl/α,β-unsaturated/α-hetero) is 1. The van der Waals surface area contributed by atoms with Gasteiger partial charge in [-0.2, -0.15) is 5.10 Å². The van der Waals surface area contributed by atoms with Gasteiger partial charge in [0, 0.05) is 12.7 Å². The Balaban J connectivity index is 2.22. The maximum Gasteiger partial charge on any atom is 0.190 e. The van der Waals surface area contributed by atoms with E-state index in [1.807, 2.05) is 6.92 Å². The van der Waals surface area contributed by atoms with E-state index in [0.717, 1.165) is 0 Å². The van der Waals surface area contributed by atoms with Gasteiger partial charge in [0.15, 0.2) is 5.78 Å². The molecule has 0 spiro atoms. The van der Waals surface area contributed by atoms with Crippen LogP contribution in [-0.2, 0) is 13.0 Å². The van der Waals surface area contributed by atoms with Crippen LogP contribution in [0.25, 0.3) is 0 Å². The van der Waals surface area contributed by atoms with Crippen LogP contribution in [0, 0.1) is 0 Å². The van der Waals surface area contributed by atoms with E-state index in [-0.39, 0.29) is 22.9 Å². The molecule has 18 heavy (non-hydrogen) atoms. The summed E-state index contributed by atoms with van der Waals surface area (Å²) in [5, 5.41) is 4.64. The fraction of sp³-hybridized carbons (Fsp3) is 0.273. The fourth-order valence-corrected chi connectivity index (χ4v) is 2.02. The van der Waals surface area contributed by atoms with E-state index in [2.05, 4.69) is 15.1 Å². The van der Waals surface area contributed by atoms with Crippen LogP contribution in [0.2, 0.25) is 10.0 Å². The number of aryl methyl sites for hydroxylation is 1. The molecule has 0 saturated carbocycles. The molecule has 0 N–H and O–H groups in total.